The number of aliphatic hydroxyl groups is 1. The average Bonchev–Trinajstić information content (AvgIpc) is 2.64. The van der Waals surface area contributed by atoms with E-state index < -0.39 is 58.3 Å². The van der Waals surface area contributed by atoms with Crippen molar-refractivity contribution in [3.63, 3.8) is 0 Å². The van der Waals surface area contributed by atoms with Crippen LogP contribution in [-0.2, 0) is 104 Å². The van der Waals surface area contributed by atoms with Gasteiger partial charge in [0.05, 0.1) is 0 Å². The molecule has 262 valence electrons. The van der Waals surface area contributed by atoms with Crippen LogP contribution in [0.25, 0.3) is 48.4 Å². The number of nitrogens with one attached hydrogen (secondary N) is 2. The van der Waals surface area contributed by atoms with Crippen LogP contribution in [0.1, 0.15) is 44.9 Å². The SMILES string of the molecule is O=C(O)C(=O)O.O=C(O)C1(C(=O)O)CCC1.O=C(O)CO.[Cl][Pt+2][Cl].[NH-][C@@H]1CCCC[C@H]1[NH-].[NH2-].[NH2-].[NH2-].[NH2-].[NH2-].[NH2-].[Pt+2].[Pt+2].[Pt+2]. The van der Waals surface area contributed by atoms with Crippen LogP contribution in [0.5, 0.6) is 0 Å². The molecule has 2 saturated carbocycles. The molecule has 0 aliphatic heterocycles. The van der Waals surface area contributed by atoms with Crippen molar-refractivity contribution < 1.29 is 134 Å². The Bertz CT molecular complexity index is 598. The maximum absolute atomic E-state index is 10.4. The minimum atomic E-state index is -1.82. The summed E-state index contributed by atoms with van der Waals surface area (Å²) in [7, 11) is 9.75. The Labute approximate surface area is 298 Å². The molecule has 2 atom stereocenters. The van der Waals surface area contributed by atoms with Gasteiger partial charge in [0.1, 0.15) is 6.61 Å². The van der Waals surface area contributed by atoms with Gasteiger partial charge in [0.15, 0.2) is 5.41 Å². The van der Waals surface area contributed by atoms with Gasteiger partial charge < -0.3 is 79.0 Å². The van der Waals surface area contributed by atoms with Gasteiger partial charge in [0.25, 0.3) is 0 Å². The first-order chi connectivity index (χ1) is 14.7. The van der Waals surface area contributed by atoms with Crippen molar-refractivity contribution in [1.82, 2.24) is 0 Å². The zero-order valence-electron chi connectivity index (χ0n) is 21.0. The molecule has 25 heteroatoms. The molecule has 0 amide bonds. The van der Waals surface area contributed by atoms with Gasteiger partial charge in [-0.15, -0.1) is 0 Å². The zero-order valence-corrected chi connectivity index (χ0v) is 31.6. The first kappa shape index (κ1) is 78.1. The number of nitrogens with two attached hydrogens (primary N) is 6. The van der Waals surface area contributed by atoms with Crippen LogP contribution >= 0.6 is 18.8 Å². The smallest absolute Gasteiger partial charge is 0.693 e. The summed E-state index contributed by atoms with van der Waals surface area (Å²) in [5.41, 5.74) is 13.1. The summed E-state index contributed by atoms with van der Waals surface area (Å²) in [6.07, 6.45) is 5.50. The molecule has 0 saturated heterocycles. The summed E-state index contributed by atoms with van der Waals surface area (Å²) in [5.74, 6) is -7.24. The Hall–Kier alpha value is 0.323. The molecule has 2 rings (SSSR count). The van der Waals surface area contributed by atoms with E-state index in [2.05, 4.69) is 0 Å². The number of aliphatic hydroxyl groups excluding tert-OH is 1. The third-order valence-corrected chi connectivity index (χ3v) is 4.11. The second-order valence-corrected chi connectivity index (χ2v) is 9.53. The fourth-order valence-corrected chi connectivity index (χ4v) is 2.18. The third-order valence-electron chi connectivity index (χ3n) is 4.11. The molecule has 19 nitrogen and oxygen atoms in total. The Morgan fingerprint density at radius 2 is 0.878 bits per heavy atom. The fourth-order valence-electron chi connectivity index (χ4n) is 2.18. The van der Waals surface area contributed by atoms with E-state index in [1.54, 1.807) is 0 Å². The van der Waals surface area contributed by atoms with Crippen LogP contribution in [0.3, 0.4) is 0 Å². The quantitative estimate of drug-likeness (QED) is 0.129. The van der Waals surface area contributed by atoms with Crippen molar-refractivity contribution in [2.24, 2.45) is 5.41 Å². The van der Waals surface area contributed by atoms with Crippen molar-refractivity contribution in [1.29, 1.82) is 0 Å². The molecule has 0 unspecified atom stereocenters. The topological polar surface area (TPSA) is 455 Å². The summed E-state index contributed by atoms with van der Waals surface area (Å²) in [5, 5.41) is 46.7. The molecule has 0 aromatic rings. The largest absolute Gasteiger partial charge is 2.00 e. The molecule has 0 radical (unpaired) electrons. The van der Waals surface area contributed by atoms with Crippen molar-refractivity contribution in [2.75, 3.05) is 6.61 Å². The number of hydrogen-bond acceptors (Lipinski definition) is 6. The van der Waals surface area contributed by atoms with Gasteiger partial charge in [-0.05, 0) is 19.3 Å². The number of carboxylic acids is 5. The number of carbonyl (C=O) groups is 5. The van der Waals surface area contributed by atoms with E-state index in [-0.39, 0.29) is 125 Å². The summed E-state index contributed by atoms with van der Waals surface area (Å²) in [6.45, 7) is -0.778. The van der Waals surface area contributed by atoms with Crippen molar-refractivity contribution in [2.45, 2.75) is 57.0 Å². The molecule has 2 fully saturated rings. The monoisotopic (exact) mass is 1370 g/mol. The Morgan fingerprint density at radius 1 is 0.659 bits per heavy atom. The first-order valence-electron chi connectivity index (χ1n) is 8.73. The first-order valence-corrected chi connectivity index (χ1v) is 14.4. The maximum Gasteiger partial charge on any atom is 2.00 e. The second kappa shape index (κ2) is 47.3. The Balaban J connectivity index is -0.0000000253. The molecule has 2 aliphatic carbocycles. The number of hydrogen-bond donors (Lipinski definition) is 6. The van der Waals surface area contributed by atoms with E-state index in [9.17, 15) is 9.59 Å². The summed E-state index contributed by atoms with van der Waals surface area (Å²) >= 11 is -0.472. The van der Waals surface area contributed by atoms with Crippen LogP contribution in [0.15, 0.2) is 0 Å². The van der Waals surface area contributed by atoms with E-state index >= 15 is 0 Å². The van der Waals surface area contributed by atoms with Crippen molar-refractivity contribution in [3.05, 3.63) is 48.4 Å². The molecule has 2 aliphatic rings. The van der Waals surface area contributed by atoms with Gasteiger partial charge in [-0.3, -0.25) is 9.59 Å². The molecule has 0 heterocycles. The second-order valence-electron chi connectivity index (χ2n) is 6.25. The van der Waals surface area contributed by atoms with E-state index in [1.807, 2.05) is 0 Å². The van der Waals surface area contributed by atoms with Crippen LogP contribution < -0.4 is 0 Å². The minimum absolute atomic E-state index is 0. The Kier molecular flexibility index (Phi) is 90.1. The number of halogens is 2. The van der Waals surface area contributed by atoms with Crippen LogP contribution in [-0.4, -0.2) is 79.2 Å². The van der Waals surface area contributed by atoms with E-state index in [4.69, 9.17) is 75.3 Å². The molecule has 0 aromatic heterocycles. The molecular weight excluding hydrogens is 1330 g/mol. The van der Waals surface area contributed by atoms with Crippen molar-refractivity contribution in [3.8, 4) is 0 Å². The number of aliphatic carboxylic acids is 5. The number of rotatable bonds is 3. The molecule has 20 N–H and O–H groups in total. The van der Waals surface area contributed by atoms with Crippen molar-refractivity contribution >= 4 is 48.7 Å². The van der Waals surface area contributed by atoms with Gasteiger partial charge in [-0.1, -0.05) is 25.7 Å². The summed E-state index contributed by atoms with van der Waals surface area (Å²) < 4.78 is 0. The van der Waals surface area contributed by atoms with Crippen LogP contribution in [0, 0.1) is 5.41 Å². The van der Waals surface area contributed by atoms with Gasteiger partial charge >= 0.3 is 128 Å². The Morgan fingerprint density at radius 3 is 0.927 bits per heavy atom. The molecule has 0 bridgehead atoms. The van der Waals surface area contributed by atoms with Gasteiger partial charge in [0, 0.05) is 0 Å². The minimum Gasteiger partial charge on any atom is -0.693 e. The summed E-state index contributed by atoms with van der Waals surface area (Å²) in [4.78, 5) is 48.0. The predicted molar refractivity (Wildman–Crippen MR) is 140 cm³/mol. The number of carboxylic acid groups (broad SMARTS) is 5. The summed E-state index contributed by atoms with van der Waals surface area (Å²) in [6, 6.07) is -0.160. The van der Waals surface area contributed by atoms with Crippen LogP contribution in [0.4, 0.5) is 0 Å². The zero-order chi connectivity index (χ0) is 25.9. The van der Waals surface area contributed by atoms with E-state index in [1.165, 1.54) is 12.8 Å². The fraction of sp³-hybridized carbons (Fsp3) is 0.688. The molecular formula is C16H38Cl2N8O11Pt4. The van der Waals surface area contributed by atoms with Crippen LogP contribution in [0.2, 0.25) is 0 Å². The average molecular weight is 1370 g/mol. The maximum atomic E-state index is 10.4. The van der Waals surface area contributed by atoms with Gasteiger partial charge in [0.2, 0.25) is 0 Å². The van der Waals surface area contributed by atoms with Gasteiger partial charge in [-0.2, -0.15) is 12.1 Å². The van der Waals surface area contributed by atoms with E-state index in [0.29, 0.717) is 6.42 Å². The molecule has 0 aromatic carbocycles. The normalized spacial score (nSPS) is 15.4. The predicted octanol–water partition coefficient (Wildman–Crippen LogP) is 6.62. The standard InChI is InChI=1S/C6H12N2.C6H8O4.C2H2O4.C2H4O3.2ClH.6H2N.4Pt/c7-5-3-1-2-4-6(5)8;7-4(8)6(5(9)10)2-1-3-6;3-1(4)2(5)6;3-1-2(4)5;;;;;;;;;;;;/h5-8H,1-4H2;1-3H2,(H,7,8)(H,9,10);(H,3,4)(H,5,6);3H,1H2,(H,4,5);2*1H;6*1H2;;;;/q-2;;;;;;6*-1;3*+2;+4/p-2/t5-,6-;;;;;;;;;;;;;;;/m1.............../s1. The third kappa shape index (κ3) is 42.5. The molecule has 41 heavy (non-hydrogen) atoms. The molecule has 0 spiro atoms. The van der Waals surface area contributed by atoms with Gasteiger partial charge in [-0.25, -0.2) is 14.4 Å². The van der Waals surface area contributed by atoms with E-state index in [0.717, 1.165) is 12.8 Å².